The molecule has 0 bridgehead atoms. The van der Waals surface area contributed by atoms with Gasteiger partial charge < -0.3 is 5.32 Å². The predicted octanol–water partition coefficient (Wildman–Crippen LogP) is 7.31. The second kappa shape index (κ2) is 10.5. The van der Waals surface area contributed by atoms with E-state index in [1.165, 1.54) is 3.93 Å². The fraction of sp³-hybridized carbons (Fsp3) is 0. The van der Waals surface area contributed by atoms with Crippen LogP contribution in [0, 0.1) is 0 Å². The third-order valence-electron chi connectivity index (χ3n) is 4.73. The highest BCUT2D eigenvalue weighted by atomic mass is 79.9. The molecule has 0 aliphatic heterocycles. The molecule has 4 aromatic carbocycles. The summed E-state index contributed by atoms with van der Waals surface area (Å²) in [5, 5.41) is 11.6. The van der Waals surface area contributed by atoms with Gasteiger partial charge in [0.15, 0.2) is 0 Å². The quantitative estimate of drug-likeness (QED) is 0.223. The second-order valence-corrected chi connectivity index (χ2v) is 7.69. The summed E-state index contributed by atoms with van der Waals surface area (Å²) in [5.41, 5.74) is 2.85. The number of carbonyl (C=O) groups is 2. The lowest BCUT2D eigenvalue weighted by molar-refractivity contribution is 0.101. The highest BCUT2D eigenvalue weighted by Gasteiger charge is 2.21. The summed E-state index contributed by atoms with van der Waals surface area (Å²) in [7, 11) is 0. The smallest absolute Gasteiger partial charge is 0.268 e. The Labute approximate surface area is 199 Å². The van der Waals surface area contributed by atoms with Crippen LogP contribution in [-0.2, 0) is 0 Å². The molecule has 0 saturated heterocycles. The van der Waals surface area contributed by atoms with Crippen molar-refractivity contribution >= 4 is 50.7 Å². The van der Waals surface area contributed by atoms with Crippen molar-refractivity contribution in [2.75, 3.05) is 9.24 Å². The number of amides is 2. The van der Waals surface area contributed by atoms with Crippen LogP contribution < -0.4 is 9.24 Å². The molecule has 4 aromatic rings. The van der Waals surface area contributed by atoms with E-state index in [0.717, 1.165) is 0 Å². The molecule has 0 fully saturated rings. The summed E-state index contributed by atoms with van der Waals surface area (Å²) < 4.78 is 1.32. The first kappa shape index (κ1) is 22.1. The highest BCUT2D eigenvalue weighted by Crippen LogP contribution is 2.39. The molecule has 6 nitrogen and oxygen atoms in total. The van der Waals surface area contributed by atoms with Crippen LogP contribution in [0.25, 0.3) is 0 Å². The average molecular weight is 499 g/mol. The van der Waals surface area contributed by atoms with Gasteiger partial charge in [-0.25, -0.2) is 3.93 Å². The molecule has 2 amide bonds. The molecule has 0 saturated carbocycles. The fourth-order valence-corrected chi connectivity index (χ4v) is 3.58. The van der Waals surface area contributed by atoms with E-state index in [4.69, 9.17) is 0 Å². The van der Waals surface area contributed by atoms with Gasteiger partial charge in [-0.3, -0.25) is 9.59 Å². The van der Waals surface area contributed by atoms with Crippen LogP contribution in [0.4, 0.5) is 22.7 Å². The van der Waals surface area contributed by atoms with E-state index in [1.54, 1.807) is 66.7 Å². The summed E-state index contributed by atoms with van der Waals surface area (Å²) in [5.74, 6) is -0.572. The van der Waals surface area contributed by atoms with Crippen molar-refractivity contribution in [2.24, 2.45) is 10.2 Å². The molecule has 0 aromatic heterocycles. The van der Waals surface area contributed by atoms with Crippen molar-refractivity contribution in [2.45, 2.75) is 0 Å². The molecule has 0 atom stereocenters. The number of carbonyl (C=O) groups excluding carboxylic acids is 2. The number of halogens is 1. The van der Waals surface area contributed by atoms with Crippen molar-refractivity contribution in [3.05, 3.63) is 120 Å². The lowest BCUT2D eigenvalue weighted by Gasteiger charge is -2.18. The molecule has 33 heavy (non-hydrogen) atoms. The predicted molar refractivity (Wildman–Crippen MR) is 134 cm³/mol. The van der Waals surface area contributed by atoms with Crippen molar-refractivity contribution < 1.29 is 9.59 Å². The largest absolute Gasteiger partial charge is 0.320 e. The normalized spacial score (nSPS) is 10.7. The summed E-state index contributed by atoms with van der Waals surface area (Å²) in [6, 6.07) is 32.2. The Morgan fingerprint density at radius 1 is 0.667 bits per heavy atom. The summed E-state index contributed by atoms with van der Waals surface area (Å²) in [6.07, 6.45) is 0. The Bertz CT molecular complexity index is 1280. The minimum atomic E-state index is -0.292. The number of benzene rings is 4. The van der Waals surface area contributed by atoms with E-state index in [-0.39, 0.29) is 11.8 Å². The van der Waals surface area contributed by atoms with Gasteiger partial charge >= 0.3 is 0 Å². The Morgan fingerprint density at radius 2 is 1.24 bits per heavy atom. The van der Waals surface area contributed by atoms with Crippen molar-refractivity contribution in [3.8, 4) is 0 Å². The van der Waals surface area contributed by atoms with Crippen molar-refractivity contribution in [1.29, 1.82) is 0 Å². The molecule has 1 N–H and O–H groups in total. The van der Waals surface area contributed by atoms with Gasteiger partial charge in [0.2, 0.25) is 0 Å². The monoisotopic (exact) mass is 498 g/mol. The molecule has 0 heterocycles. The summed E-state index contributed by atoms with van der Waals surface area (Å²) >= 11 is 3.38. The molecule has 7 heteroatoms. The highest BCUT2D eigenvalue weighted by molar-refractivity contribution is 9.10. The third kappa shape index (κ3) is 5.39. The zero-order valence-corrected chi connectivity index (χ0v) is 19.0. The van der Waals surface area contributed by atoms with E-state index in [2.05, 4.69) is 31.7 Å². The van der Waals surface area contributed by atoms with Gasteiger partial charge in [0.1, 0.15) is 5.69 Å². The maximum absolute atomic E-state index is 13.0. The first-order valence-electron chi connectivity index (χ1n) is 10.1. The van der Waals surface area contributed by atoms with Gasteiger partial charge in [-0.1, -0.05) is 60.7 Å². The van der Waals surface area contributed by atoms with Gasteiger partial charge in [0.25, 0.3) is 11.8 Å². The van der Waals surface area contributed by atoms with Crippen LogP contribution in [-0.4, -0.2) is 11.8 Å². The average Bonchev–Trinajstić information content (AvgIpc) is 2.88. The second-order valence-electron chi connectivity index (χ2n) is 6.98. The number of nitrogens with zero attached hydrogens (tertiary/aromatic N) is 3. The molecular formula is C26H19BrN4O2. The molecule has 4 rings (SSSR count). The topological polar surface area (TPSA) is 74.1 Å². The van der Waals surface area contributed by atoms with E-state index in [1.807, 2.05) is 42.5 Å². The van der Waals surface area contributed by atoms with Crippen LogP contribution >= 0.6 is 16.1 Å². The number of nitrogens with one attached hydrogen (secondary N) is 1. The van der Waals surface area contributed by atoms with E-state index in [0.29, 0.717) is 33.9 Å². The zero-order chi connectivity index (χ0) is 23.0. The molecule has 0 unspecified atom stereocenters. The molecule has 162 valence electrons. The maximum atomic E-state index is 13.0. The van der Waals surface area contributed by atoms with Crippen LogP contribution in [0.1, 0.15) is 20.7 Å². The Kier molecular flexibility index (Phi) is 7.02. The van der Waals surface area contributed by atoms with Crippen LogP contribution in [0.15, 0.2) is 119 Å². The lowest BCUT2D eigenvalue weighted by Crippen LogP contribution is -2.20. The molecule has 0 aliphatic rings. The number of anilines is 2. The molecule has 0 radical (unpaired) electrons. The van der Waals surface area contributed by atoms with Gasteiger partial charge in [-0.05, 0) is 48.5 Å². The third-order valence-corrected chi connectivity index (χ3v) is 5.44. The van der Waals surface area contributed by atoms with E-state index >= 15 is 0 Å². The number of hydrogen-bond acceptors (Lipinski definition) is 4. The minimum absolute atomic E-state index is 0.279. The van der Waals surface area contributed by atoms with Gasteiger partial charge in [-0.15, -0.1) is 5.11 Å². The minimum Gasteiger partial charge on any atom is -0.320 e. The Morgan fingerprint density at radius 3 is 1.88 bits per heavy atom. The molecular weight excluding hydrogens is 480 g/mol. The van der Waals surface area contributed by atoms with E-state index in [9.17, 15) is 9.59 Å². The van der Waals surface area contributed by atoms with E-state index < -0.39 is 0 Å². The van der Waals surface area contributed by atoms with Gasteiger partial charge in [0.05, 0.1) is 33.2 Å². The van der Waals surface area contributed by atoms with Crippen molar-refractivity contribution in [1.82, 2.24) is 0 Å². The maximum Gasteiger partial charge on any atom is 0.268 e. The van der Waals surface area contributed by atoms with Gasteiger partial charge in [-0.2, -0.15) is 5.11 Å². The summed E-state index contributed by atoms with van der Waals surface area (Å²) in [6.45, 7) is 0. The number of hydrogen-bond donors (Lipinski definition) is 1. The molecule has 0 aliphatic carbocycles. The zero-order valence-electron chi connectivity index (χ0n) is 17.4. The first-order valence-corrected chi connectivity index (χ1v) is 10.9. The van der Waals surface area contributed by atoms with Gasteiger partial charge in [0, 0.05) is 11.1 Å². The standard InChI is InChI=1S/C26H19BrN4O2/c27-31(26(33)20-13-6-2-7-14-20)23-18-10-17-22(28-25(32)19-11-4-1-5-12-19)24(23)30-29-21-15-8-3-9-16-21/h1-18H,(H,28,32). The number of azo groups is 1. The lowest BCUT2D eigenvalue weighted by atomic mass is 10.1. The van der Waals surface area contributed by atoms with Crippen LogP contribution in [0.3, 0.4) is 0 Å². The van der Waals surface area contributed by atoms with Crippen LogP contribution in [0.5, 0.6) is 0 Å². The SMILES string of the molecule is O=C(Nc1cccc(N(Br)C(=O)c2ccccc2)c1N=Nc1ccccc1)c1ccccc1. The number of rotatable bonds is 6. The first-order chi connectivity index (χ1) is 16.1. The van der Waals surface area contributed by atoms with Crippen molar-refractivity contribution in [3.63, 3.8) is 0 Å². The Balaban J connectivity index is 1.74. The molecule has 0 spiro atoms. The summed E-state index contributed by atoms with van der Waals surface area (Å²) in [4.78, 5) is 25.8. The van der Waals surface area contributed by atoms with Crippen LogP contribution in [0.2, 0.25) is 0 Å². The fourth-order valence-electron chi connectivity index (χ4n) is 3.09. The Hall–Kier alpha value is -4.10.